The second kappa shape index (κ2) is 11.2. The van der Waals surface area contributed by atoms with Gasteiger partial charge in [-0.2, -0.15) is 0 Å². The molecule has 2 rings (SSSR count). The van der Waals surface area contributed by atoms with Crippen LogP contribution in [0.1, 0.15) is 22.7 Å². The summed E-state index contributed by atoms with van der Waals surface area (Å²) in [7, 11) is 0. The van der Waals surface area contributed by atoms with E-state index in [1.165, 1.54) is 0 Å². The van der Waals surface area contributed by atoms with Crippen molar-refractivity contribution in [1.82, 2.24) is 10.6 Å². The quantitative estimate of drug-likeness (QED) is 0.641. The van der Waals surface area contributed by atoms with Gasteiger partial charge in [-0.3, -0.25) is 9.59 Å². The number of para-hydroxylation sites is 1. The lowest BCUT2D eigenvalue weighted by molar-refractivity contribution is -0.125. The first-order valence-electron chi connectivity index (χ1n) is 8.51. The molecule has 0 aliphatic heterocycles. The van der Waals surface area contributed by atoms with Crippen LogP contribution in [-0.2, 0) is 9.59 Å². The molecule has 0 spiro atoms. The van der Waals surface area contributed by atoms with Crippen LogP contribution in [0.4, 0.5) is 0 Å². The number of nitrogens with one attached hydrogen (secondary N) is 2. The Balaban J connectivity index is 0.00000364. The van der Waals surface area contributed by atoms with Gasteiger partial charge < -0.3 is 21.1 Å². The molecule has 2 aromatic carbocycles. The summed E-state index contributed by atoms with van der Waals surface area (Å²) in [5.74, 6) is 0.146. The number of ether oxygens (including phenoxy) is 1. The summed E-state index contributed by atoms with van der Waals surface area (Å²) < 4.78 is 6.01. The van der Waals surface area contributed by atoms with Crippen molar-refractivity contribution in [2.45, 2.75) is 19.9 Å². The number of benzene rings is 2. The van der Waals surface area contributed by atoms with Gasteiger partial charge in [-0.15, -0.1) is 12.4 Å². The summed E-state index contributed by atoms with van der Waals surface area (Å²) in [6, 6.07) is 15.2. The second-order valence-corrected chi connectivity index (χ2v) is 6.04. The average molecular weight is 392 g/mol. The molecular formula is C20H26ClN3O3. The molecule has 1 unspecified atom stereocenters. The SMILES string of the molecule is Cc1cccc(C)c1OCC(NC(=O)CNC(=O)CN)c1ccccc1.Cl. The van der Waals surface area contributed by atoms with Gasteiger partial charge in [-0.1, -0.05) is 48.5 Å². The van der Waals surface area contributed by atoms with E-state index in [0.717, 1.165) is 22.4 Å². The average Bonchev–Trinajstić information content (AvgIpc) is 2.65. The van der Waals surface area contributed by atoms with Crippen LogP contribution in [0.3, 0.4) is 0 Å². The number of carbonyl (C=O) groups excluding carboxylic acids is 2. The van der Waals surface area contributed by atoms with Crippen molar-refractivity contribution in [3.8, 4) is 5.75 Å². The van der Waals surface area contributed by atoms with Crippen molar-refractivity contribution in [2.24, 2.45) is 5.73 Å². The van der Waals surface area contributed by atoms with Crippen molar-refractivity contribution in [3.63, 3.8) is 0 Å². The monoisotopic (exact) mass is 391 g/mol. The van der Waals surface area contributed by atoms with Crippen molar-refractivity contribution in [3.05, 3.63) is 65.2 Å². The van der Waals surface area contributed by atoms with Gasteiger partial charge in [0.25, 0.3) is 0 Å². The number of carbonyl (C=O) groups is 2. The van der Waals surface area contributed by atoms with E-state index in [1.807, 2.05) is 62.4 Å². The highest BCUT2D eigenvalue weighted by Crippen LogP contribution is 2.24. The maximum atomic E-state index is 12.2. The van der Waals surface area contributed by atoms with Gasteiger partial charge in [-0.25, -0.2) is 0 Å². The van der Waals surface area contributed by atoms with Gasteiger partial charge in [0.1, 0.15) is 12.4 Å². The Morgan fingerprint density at radius 2 is 1.63 bits per heavy atom. The molecule has 1 atom stereocenters. The molecule has 0 fully saturated rings. The maximum Gasteiger partial charge on any atom is 0.239 e. The molecular weight excluding hydrogens is 366 g/mol. The third-order valence-corrected chi connectivity index (χ3v) is 3.97. The van der Waals surface area contributed by atoms with E-state index in [1.54, 1.807) is 0 Å². The van der Waals surface area contributed by atoms with Crippen molar-refractivity contribution >= 4 is 24.2 Å². The molecule has 0 radical (unpaired) electrons. The first-order valence-corrected chi connectivity index (χ1v) is 8.51. The molecule has 27 heavy (non-hydrogen) atoms. The minimum absolute atomic E-state index is 0. The minimum atomic E-state index is -0.372. The van der Waals surface area contributed by atoms with E-state index in [2.05, 4.69) is 10.6 Å². The molecule has 0 aliphatic rings. The molecule has 146 valence electrons. The van der Waals surface area contributed by atoms with E-state index in [-0.39, 0.29) is 50.0 Å². The number of aryl methyl sites for hydroxylation is 2. The van der Waals surface area contributed by atoms with E-state index >= 15 is 0 Å². The van der Waals surface area contributed by atoms with Gasteiger partial charge in [0.2, 0.25) is 11.8 Å². The third-order valence-electron chi connectivity index (χ3n) is 3.97. The van der Waals surface area contributed by atoms with E-state index in [4.69, 9.17) is 10.5 Å². The van der Waals surface area contributed by atoms with Crippen LogP contribution in [0.15, 0.2) is 48.5 Å². The molecule has 2 aromatic rings. The predicted octanol–water partition coefficient (Wildman–Crippen LogP) is 2.04. The number of hydrogen-bond acceptors (Lipinski definition) is 4. The first-order chi connectivity index (χ1) is 12.5. The van der Waals surface area contributed by atoms with Gasteiger partial charge in [-0.05, 0) is 30.5 Å². The Morgan fingerprint density at radius 3 is 2.22 bits per heavy atom. The molecule has 4 N–H and O–H groups in total. The summed E-state index contributed by atoms with van der Waals surface area (Å²) in [4.78, 5) is 23.4. The van der Waals surface area contributed by atoms with Crippen LogP contribution in [0.2, 0.25) is 0 Å². The van der Waals surface area contributed by atoms with Gasteiger partial charge in [0.05, 0.1) is 19.1 Å². The zero-order valence-corrected chi connectivity index (χ0v) is 16.3. The molecule has 2 amide bonds. The summed E-state index contributed by atoms with van der Waals surface area (Å²) >= 11 is 0. The fraction of sp³-hybridized carbons (Fsp3) is 0.300. The number of nitrogens with two attached hydrogens (primary N) is 1. The van der Waals surface area contributed by atoms with E-state index < -0.39 is 0 Å². The van der Waals surface area contributed by atoms with Gasteiger partial charge in [0.15, 0.2) is 0 Å². The van der Waals surface area contributed by atoms with Crippen LogP contribution in [-0.4, -0.2) is 31.5 Å². The fourth-order valence-electron chi connectivity index (χ4n) is 2.60. The summed E-state index contributed by atoms with van der Waals surface area (Å²) in [5, 5.41) is 5.37. The molecule has 0 saturated heterocycles. The zero-order chi connectivity index (χ0) is 18.9. The van der Waals surface area contributed by atoms with E-state index in [0.29, 0.717) is 0 Å². The van der Waals surface area contributed by atoms with Crippen LogP contribution in [0.25, 0.3) is 0 Å². The molecule has 7 heteroatoms. The maximum absolute atomic E-state index is 12.2. The predicted molar refractivity (Wildman–Crippen MR) is 108 cm³/mol. The molecule has 0 saturated carbocycles. The Morgan fingerprint density at radius 1 is 1.00 bits per heavy atom. The molecule has 6 nitrogen and oxygen atoms in total. The summed E-state index contributed by atoms with van der Waals surface area (Å²) in [6.07, 6.45) is 0. The summed E-state index contributed by atoms with van der Waals surface area (Å²) in [6.45, 7) is 3.99. The topological polar surface area (TPSA) is 93.5 Å². The highest BCUT2D eigenvalue weighted by molar-refractivity contribution is 5.86. The van der Waals surface area contributed by atoms with Crippen molar-refractivity contribution in [1.29, 1.82) is 0 Å². The van der Waals surface area contributed by atoms with Crippen LogP contribution in [0, 0.1) is 13.8 Å². The number of amides is 2. The minimum Gasteiger partial charge on any atom is -0.491 e. The second-order valence-electron chi connectivity index (χ2n) is 6.04. The normalized spacial score (nSPS) is 11.1. The Labute approximate surface area is 165 Å². The number of hydrogen-bond donors (Lipinski definition) is 3. The zero-order valence-electron chi connectivity index (χ0n) is 15.5. The van der Waals surface area contributed by atoms with Crippen LogP contribution in [0.5, 0.6) is 5.75 Å². The Bertz CT molecular complexity index is 733. The lowest BCUT2D eigenvalue weighted by atomic mass is 10.1. The highest BCUT2D eigenvalue weighted by atomic mass is 35.5. The smallest absolute Gasteiger partial charge is 0.239 e. The molecule has 0 aromatic heterocycles. The van der Waals surface area contributed by atoms with Crippen molar-refractivity contribution in [2.75, 3.05) is 19.7 Å². The Hall–Kier alpha value is -2.57. The van der Waals surface area contributed by atoms with Gasteiger partial charge in [0, 0.05) is 0 Å². The molecule has 0 heterocycles. The van der Waals surface area contributed by atoms with Gasteiger partial charge >= 0.3 is 0 Å². The lowest BCUT2D eigenvalue weighted by Crippen LogP contribution is -2.41. The summed E-state index contributed by atoms with van der Waals surface area (Å²) in [5.41, 5.74) is 8.24. The van der Waals surface area contributed by atoms with E-state index in [9.17, 15) is 9.59 Å². The number of rotatable bonds is 8. The fourth-order valence-corrected chi connectivity index (χ4v) is 2.60. The standard InChI is InChI=1S/C20H25N3O3.ClH/c1-14-7-6-8-15(2)20(14)26-13-17(16-9-4-3-5-10-16)23-19(25)12-22-18(24)11-21;/h3-10,17H,11-13,21H2,1-2H3,(H,22,24)(H,23,25);1H. The van der Waals surface area contributed by atoms with Crippen LogP contribution >= 0.6 is 12.4 Å². The number of halogens is 1. The lowest BCUT2D eigenvalue weighted by Gasteiger charge is -2.21. The Kier molecular flexibility index (Phi) is 9.33. The molecule has 0 aliphatic carbocycles. The largest absolute Gasteiger partial charge is 0.491 e. The highest BCUT2D eigenvalue weighted by Gasteiger charge is 2.17. The molecule has 0 bridgehead atoms. The van der Waals surface area contributed by atoms with Crippen molar-refractivity contribution < 1.29 is 14.3 Å². The first kappa shape index (κ1) is 22.5. The third kappa shape index (κ3) is 6.92. The van der Waals surface area contributed by atoms with Crippen LogP contribution < -0.4 is 21.1 Å².